The highest BCUT2D eigenvalue weighted by Gasteiger charge is 2.91. The molecule has 1 N–H and O–H groups in total. The van der Waals surface area contributed by atoms with Gasteiger partial charge in [0.25, 0.3) is 11.8 Å². The van der Waals surface area contributed by atoms with E-state index in [0.29, 0.717) is 0 Å². The average Bonchev–Trinajstić information content (AvgIpc) is 2.70. The number of halogens is 20. The van der Waals surface area contributed by atoms with Crippen molar-refractivity contribution in [2.45, 2.75) is 86.0 Å². The minimum atomic E-state index is -7.33. The van der Waals surface area contributed by atoms with Crippen molar-refractivity contribution < 1.29 is 107 Å². The summed E-state index contributed by atoms with van der Waals surface area (Å²) < 4.78 is 285. The van der Waals surface area contributed by atoms with Crippen molar-refractivity contribution in [2.24, 2.45) is 11.3 Å². The van der Waals surface area contributed by atoms with Crippen LogP contribution in [0, 0.1) is 11.3 Å². The second-order valence-corrected chi connectivity index (χ2v) is 9.17. The Morgan fingerprint density at radius 2 is 1.07 bits per heavy atom. The first-order chi connectivity index (χ1) is 17.5. The van der Waals surface area contributed by atoms with Crippen molar-refractivity contribution in [1.82, 2.24) is 0 Å². The number of hydrogen-bond donors (Lipinski definition) is 1. The molecule has 0 saturated carbocycles. The van der Waals surface area contributed by atoms with Gasteiger partial charge in [-0.25, -0.2) is 17.6 Å². The molecule has 4 nitrogen and oxygen atoms in total. The lowest BCUT2D eigenvalue weighted by molar-refractivity contribution is -0.546. The molecule has 0 aliphatic carbocycles. The zero-order chi connectivity index (χ0) is 33.1. The smallest absolute Gasteiger partial charge is 0.354 e. The highest BCUT2D eigenvalue weighted by molar-refractivity contribution is 5.17. The number of hydrogen-bond acceptors (Lipinski definition) is 4. The van der Waals surface area contributed by atoms with Gasteiger partial charge in [-0.05, 0) is 6.92 Å². The van der Waals surface area contributed by atoms with E-state index in [1.807, 2.05) is 0 Å². The summed E-state index contributed by atoms with van der Waals surface area (Å²) in [6.45, 7) is -5.73. The first kappa shape index (κ1) is 35.6. The molecule has 4 unspecified atom stereocenters. The molecule has 2 saturated heterocycles. The molecule has 0 bridgehead atoms. The molecule has 41 heavy (non-hydrogen) atoms. The summed E-state index contributed by atoms with van der Waals surface area (Å²) in [5.41, 5.74) is -5.89. The summed E-state index contributed by atoms with van der Waals surface area (Å²) >= 11 is 0. The minimum Gasteiger partial charge on any atom is -0.354 e. The van der Waals surface area contributed by atoms with Gasteiger partial charge in [-0.3, -0.25) is 0 Å². The fourth-order valence-corrected chi connectivity index (χ4v) is 3.97. The summed E-state index contributed by atoms with van der Waals surface area (Å²) in [5.74, 6) is -44.2. The quantitative estimate of drug-likeness (QED) is 0.346. The monoisotopic (exact) mass is 660 g/mol. The molecule has 2 aliphatic heterocycles. The zero-order valence-corrected chi connectivity index (χ0v) is 19.2. The summed E-state index contributed by atoms with van der Waals surface area (Å²) in [6.07, 6.45) is -39.0. The fourth-order valence-electron chi connectivity index (χ4n) is 3.97. The van der Waals surface area contributed by atoms with E-state index in [-0.39, 0.29) is 0 Å². The number of rotatable bonds is 3. The third-order valence-electron chi connectivity index (χ3n) is 6.58. The second kappa shape index (κ2) is 8.99. The van der Waals surface area contributed by atoms with Crippen LogP contribution in [0.3, 0.4) is 0 Å². The van der Waals surface area contributed by atoms with Gasteiger partial charge in [0.05, 0.1) is 12.5 Å². The zero-order valence-electron chi connectivity index (χ0n) is 19.2. The predicted molar refractivity (Wildman–Crippen MR) is 84.7 cm³/mol. The maximum absolute atomic E-state index is 14.9. The third kappa shape index (κ3) is 4.59. The van der Waals surface area contributed by atoms with Crippen molar-refractivity contribution in [3.05, 3.63) is 0 Å². The van der Waals surface area contributed by atoms with E-state index in [1.54, 1.807) is 0 Å². The Kier molecular flexibility index (Phi) is 7.81. The number of ether oxygens (including phenoxy) is 3. The molecule has 2 heterocycles. The summed E-state index contributed by atoms with van der Waals surface area (Å²) in [6, 6.07) is 0. The molecule has 0 radical (unpaired) electrons. The number of alkyl halides is 20. The topological polar surface area (TPSA) is 47.9 Å². The van der Waals surface area contributed by atoms with Crippen molar-refractivity contribution >= 4 is 0 Å². The molecule has 0 aromatic heterocycles. The maximum atomic E-state index is 14.9. The van der Waals surface area contributed by atoms with Crippen LogP contribution in [0.4, 0.5) is 87.8 Å². The highest BCUT2D eigenvalue weighted by Crippen LogP contribution is 2.66. The van der Waals surface area contributed by atoms with Gasteiger partial charge >= 0.3 is 48.1 Å². The van der Waals surface area contributed by atoms with Crippen LogP contribution < -0.4 is 0 Å². The van der Waals surface area contributed by atoms with Gasteiger partial charge in [-0.2, -0.15) is 70.2 Å². The first-order valence-electron chi connectivity index (χ1n) is 10.0. The van der Waals surface area contributed by atoms with E-state index in [4.69, 9.17) is 0 Å². The van der Waals surface area contributed by atoms with Crippen LogP contribution in [0.15, 0.2) is 0 Å². The average molecular weight is 660 g/mol. The van der Waals surface area contributed by atoms with Crippen LogP contribution in [0.2, 0.25) is 0 Å². The van der Waals surface area contributed by atoms with Gasteiger partial charge in [0.2, 0.25) is 12.2 Å². The predicted octanol–water partition coefficient (Wildman–Crippen LogP) is 6.62. The van der Waals surface area contributed by atoms with Gasteiger partial charge in [-0.15, -0.1) is 0 Å². The van der Waals surface area contributed by atoms with Gasteiger partial charge < -0.3 is 19.3 Å². The van der Waals surface area contributed by atoms with Gasteiger partial charge in [0.1, 0.15) is 5.41 Å². The second-order valence-electron chi connectivity index (χ2n) is 9.17. The van der Waals surface area contributed by atoms with Gasteiger partial charge in [-0.1, -0.05) is 6.92 Å². The van der Waals surface area contributed by atoms with Crippen molar-refractivity contribution in [3.8, 4) is 0 Å². The van der Waals surface area contributed by atoms with E-state index in [9.17, 15) is 92.9 Å². The first-order valence-corrected chi connectivity index (χ1v) is 10.0. The molecule has 0 amide bonds. The van der Waals surface area contributed by atoms with E-state index in [2.05, 4.69) is 14.2 Å². The molecule has 2 rings (SSSR count). The van der Waals surface area contributed by atoms with Crippen molar-refractivity contribution in [2.75, 3.05) is 6.61 Å². The summed E-state index contributed by atoms with van der Waals surface area (Å²) in [4.78, 5) is 0. The largest absolute Gasteiger partial charge is 0.449 e. The van der Waals surface area contributed by atoms with Crippen molar-refractivity contribution in [1.29, 1.82) is 0 Å². The standard InChI is InChI=1S/C17H12F20O4/c1-4-8(18,19)5(11(24,25)26)41-15(9(4,20)21,17(35,36)37)39-3-7(2)10(22,23)6(12(27,28)29)40-14(38,13(7,30)31)16(32,33)34/h4-6,38H,3H2,1-2H3/t4-,5?,6?,7-,14?,15?/m0/s1. The van der Waals surface area contributed by atoms with Crippen LogP contribution in [0.1, 0.15) is 13.8 Å². The molecule has 0 spiro atoms. The van der Waals surface area contributed by atoms with Crippen LogP contribution in [0.5, 0.6) is 0 Å². The molecule has 244 valence electrons. The SMILES string of the molecule is C[C@H]1C(F)(F)C(C(F)(F)F)OC(OC[C@@]2(C)C(F)(F)C(C(F)(F)F)OC(O)(C(F)(F)F)C2(F)F)(C(F)(F)F)C1(F)F. The van der Waals surface area contributed by atoms with E-state index >= 15 is 0 Å². The minimum absolute atomic E-state index is 0.702. The Bertz CT molecular complexity index is 998. The molecular weight excluding hydrogens is 648 g/mol. The van der Waals surface area contributed by atoms with Crippen LogP contribution in [-0.4, -0.2) is 83.9 Å². The van der Waals surface area contributed by atoms with Crippen molar-refractivity contribution in [3.63, 3.8) is 0 Å². The van der Waals surface area contributed by atoms with Crippen LogP contribution in [-0.2, 0) is 14.2 Å². The molecule has 2 fully saturated rings. The maximum Gasteiger partial charge on any atom is 0.449 e. The Labute approximate surface area is 212 Å². The Hall–Kier alpha value is -1.56. The molecule has 2 aliphatic rings. The summed E-state index contributed by atoms with van der Waals surface area (Å²) in [5, 5.41) is 9.32. The van der Waals surface area contributed by atoms with Gasteiger partial charge in [0, 0.05) is 0 Å². The molecular formula is C17H12F20O4. The molecule has 6 atom stereocenters. The molecule has 24 heteroatoms. The molecule has 0 aromatic carbocycles. The van der Waals surface area contributed by atoms with E-state index in [0.717, 1.165) is 0 Å². The van der Waals surface area contributed by atoms with E-state index < -0.39 is 104 Å². The summed E-state index contributed by atoms with van der Waals surface area (Å²) in [7, 11) is 0. The lowest BCUT2D eigenvalue weighted by Crippen LogP contribution is -2.81. The normalized spacial score (nSPS) is 39.4. The number of aliphatic hydroxyl groups is 1. The lowest BCUT2D eigenvalue weighted by atomic mass is 9.69. The van der Waals surface area contributed by atoms with Gasteiger partial charge in [0.15, 0.2) is 0 Å². The van der Waals surface area contributed by atoms with E-state index in [1.165, 1.54) is 0 Å². The third-order valence-corrected chi connectivity index (χ3v) is 6.58. The Morgan fingerprint density at radius 1 is 0.659 bits per heavy atom. The van der Waals surface area contributed by atoms with Crippen LogP contribution in [0.25, 0.3) is 0 Å². The van der Waals surface area contributed by atoms with Crippen LogP contribution >= 0.6 is 0 Å². The highest BCUT2D eigenvalue weighted by atomic mass is 19.4. The lowest BCUT2D eigenvalue weighted by Gasteiger charge is -2.57. The Morgan fingerprint density at radius 3 is 1.41 bits per heavy atom. The fraction of sp³-hybridized carbons (Fsp3) is 1.00. The molecule has 0 aromatic rings. The Balaban J connectivity index is 2.87.